The fourth-order valence-electron chi connectivity index (χ4n) is 2.97. The van der Waals surface area contributed by atoms with Gasteiger partial charge in [-0.05, 0) is 30.5 Å². The van der Waals surface area contributed by atoms with Gasteiger partial charge in [0, 0.05) is 17.6 Å². The lowest BCUT2D eigenvalue weighted by Crippen LogP contribution is -2.41. The van der Waals surface area contributed by atoms with Gasteiger partial charge in [-0.1, -0.05) is 37.5 Å². The molecule has 1 aliphatic rings. The van der Waals surface area contributed by atoms with Crippen molar-refractivity contribution >= 4 is 40.8 Å². The molecule has 0 spiro atoms. The summed E-state index contributed by atoms with van der Waals surface area (Å²) in [6.45, 7) is 0.592. The van der Waals surface area contributed by atoms with E-state index in [0.29, 0.717) is 18.5 Å². The maximum Gasteiger partial charge on any atom is 0.189 e. The number of guanidine groups is 1. The van der Waals surface area contributed by atoms with Crippen LogP contribution in [0.15, 0.2) is 41.5 Å². The zero-order valence-electron chi connectivity index (χ0n) is 12.7. The number of aromatic nitrogens is 1. The molecule has 5 heteroatoms. The molecular formula is C17H23IN4. The molecule has 3 N–H and O–H groups in total. The molecule has 1 aliphatic carbocycles. The average Bonchev–Trinajstić information content (AvgIpc) is 2.54. The third-order valence-corrected chi connectivity index (χ3v) is 4.12. The quantitative estimate of drug-likeness (QED) is 0.462. The zero-order valence-corrected chi connectivity index (χ0v) is 15.0. The smallest absolute Gasteiger partial charge is 0.189 e. The van der Waals surface area contributed by atoms with Gasteiger partial charge >= 0.3 is 0 Å². The van der Waals surface area contributed by atoms with Gasteiger partial charge in [-0.3, -0.25) is 4.98 Å². The van der Waals surface area contributed by atoms with Gasteiger partial charge < -0.3 is 11.1 Å². The van der Waals surface area contributed by atoms with Gasteiger partial charge in [0.15, 0.2) is 5.96 Å². The molecule has 118 valence electrons. The molecule has 1 saturated carbocycles. The molecule has 0 aliphatic heterocycles. The number of nitrogens with one attached hydrogen (secondary N) is 1. The van der Waals surface area contributed by atoms with Gasteiger partial charge in [-0.25, -0.2) is 4.99 Å². The van der Waals surface area contributed by atoms with Crippen molar-refractivity contribution in [1.82, 2.24) is 10.3 Å². The lowest BCUT2D eigenvalue weighted by Gasteiger charge is -2.23. The highest BCUT2D eigenvalue weighted by atomic mass is 127. The standard InChI is InChI=1S/C17H22N4.HI/c18-17(21-14-6-2-1-3-7-14)20-12-13-10-11-19-16-9-5-4-8-15(13)16;/h4-5,8-11,14H,1-3,6-7,12H2,(H3,18,20,21);1H. The summed E-state index contributed by atoms with van der Waals surface area (Å²) in [4.78, 5) is 8.86. The molecule has 0 amide bonds. The minimum absolute atomic E-state index is 0. The summed E-state index contributed by atoms with van der Waals surface area (Å²) in [5.74, 6) is 0.558. The van der Waals surface area contributed by atoms with Crippen molar-refractivity contribution in [3.05, 3.63) is 42.1 Å². The summed E-state index contributed by atoms with van der Waals surface area (Å²) in [5.41, 5.74) is 8.18. The largest absolute Gasteiger partial charge is 0.370 e. The second-order valence-corrected chi connectivity index (χ2v) is 5.67. The SMILES string of the molecule is I.NC(=NCc1ccnc2ccccc12)NC1CCCCC1. The van der Waals surface area contributed by atoms with Crippen molar-refractivity contribution in [2.24, 2.45) is 10.7 Å². The Morgan fingerprint density at radius 1 is 1.18 bits per heavy atom. The summed E-state index contributed by atoms with van der Waals surface area (Å²) in [6, 6.07) is 10.6. The van der Waals surface area contributed by atoms with Gasteiger partial charge in [0.1, 0.15) is 0 Å². The maximum atomic E-state index is 6.02. The predicted octanol–water partition coefficient (Wildman–Crippen LogP) is 3.59. The van der Waals surface area contributed by atoms with Crippen molar-refractivity contribution in [2.75, 3.05) is 0 Å². The van der Waals surface area contributed by atoms with E-state index in [1.807, 2.05) is 30.5 Å². The molecular weight excluding hydrogens is 387 g/mol. The van der Waals surface area contributed by atoms with Crippen molar-refractivity contribution in [2.45, 2.75) is 44.7 Å². The minimum Gasteiger partial charge on any atom is -0.370 e. The van der Waals surface area contributed by atoms with Crippen molar-refractivity contribution < 1.29 is 0 Å². The third-order valence-electron chi connectivity index (χ3n) is 4.12. The molecule has 1 aromatic heterocycles. The number of nitrogens with zero attached hydrogens (tertiary/aromatic N) is 2. The summed E-state index contributed by atoms with van der Waals surface area (Å²) in [5, 5.41) is 4.50. The van der Waals surface area contributed by atoms with E-state index in [0.717, 1.165) is 16.5 Å². The molecule has 0 unspecified atom stereocenters. The molecule has 0 bridgehead atoms. The van der Waals surface area contributed by atoms with E-state index >= 15 is 0 Å². The lowest BCUT2D eigenvalue weighted by atomic mass is 9.96. The van der Waals surface area contributed by atoms with Gasteiger partial charge in [0.25, 0.3) is 0 Å². The molecule has 4 nitrogen and oxygen atoms in total. The first kappa shape index (κ1) is 17.0. The van der Waals surface area contributed by atoms with Crippen LogP contribution in [0, 0.1) is 0 Å². The number of hydrogen-bond donors (Lipinski definition) is 2. The average molecular weight is 410 g/mol. The van der Waals surface area contributed by atoms with Crippen LogP contribution < -0.4 is 11.1 Å². The van der Waals surface area contributed by atoms with Crippen molar-refractivity contribution in [3.63, 3.8) is 0 Å². The number of aliphatic imine (C=N–C) groups is 1. The molecule has 0 atom stereocenters. The Balaban J connectivity index is 0.00000176. The second kappa shape index (κ2) is 8.31. The van der Waals surface area contributed by atoms with Crippen LogP contribution >= 0.6 is 24.0 Å². The molecule has 0 saturated heterocycles. The van der Waals surface area contributed by atoms with E-state index in [1.54, 1.807) is 0 Å². The van der Waals surface area contributed by atoms with Crippen LogP contribution in [-0.4, -0.2) is 17.0 Å². The van der Waals surface area contributed by atoms with E-state index in [2.05, 4.69) is 21.4 Å². The Morgan fingerprint density at radius 3 is 2.77 bits per heavy atom. The zero-order chi connectivity index (χ0) is 14.5. The van der Waals surface area contributed by atoms with E-state index in [9.17, 15) is 0 Å². The second-order valence-electron chi connectivity index (χ2n) is 5.67. The monoisotopic (exact) mass is 410 g/mol. The minimum atomic E-state index is 0. The fraction of sp³-hybridized carbons (Fsp3) is 0.412. The number of hydrogen-bond acceptors (Lipinski definition) is 2. The number of fused-ring (bicyclic) bond motifs is 1. The van der Waals surface area contributed by atoms with Gasteiger partial charge in [0.05, 0.1) is 12.1 Å². The van der Waals surface area contributed by atoms with E-state index < -0.39 is 0 Å². The van der Waals surface area contributed by atoms with Gasteiger partial charge in [0.2, 0.25) is 0 Å². The Hall–Kier alpha value is -1.37. The normalized spacial score (nSPS) is 16.3. The number of pyridine rings is 1. The predicted molar refractivity (Wildman–Crippen MR) is 102 cm³/mol. The molecule has 1 aromatic carbocycles. The Labute approximate surface area is 148 Å². The van der Waals surface area contributed by atoms with Crippen LogP contribution in [-0.2, 0) is 6.54 Å². The highest BCUT2D eigenvalue weighted by Crippen LogP contribution is 2.18. The number of rotatable bonds is 3. The van der Waals surface area contributed by atoms with Crippen molar-refractivity contribution in [1.29, 1.82) is 0 Å². The van der Waals surface area contributed by atoms with Crippen LogP contribution in [0.2, 0.25) is 0 Å². The summed E-state index contributed by atoms with van der Waals surface area (Å²) in [7, 11) is 0. The Morgan fingerprint density at radius 2 is 1.95 bits per heavy atom. The van der Waals surface area contributed by atoms with Gasteiger partial charge in [-0.2, -0.15) is 0 Å². The highest BCUT2D eigenvalue weighted by Gasteiger charge is 2.13. The summed E-state index contributed by atoms with van der Waals surface area (Å²) < 4.78 is 0. The molecule has 2 aromatic rings. The van der Waals surface area contributed by atoms with Crippen LogP contribution in [0.25, 0.3) is 10.9 Å². The first-order valence-electron chi connectivity index (χ1n) is 7.72. The molecule has 22 heavy (non-hydrogen) atoms. The van der Waals surface area contributed by atoms with Crippen LogP contribution in [0.1, 0.15) is 37.7 Å². The van der Waals surface area contributed by atoms with E-state index in [1.165, 1.54) is 32.1 Å². The van der Waals surface area contributed by atoms with Crippen molar-refractivity contribution in [3.8, 4) is 0 Å². The topological polar surface area (TPSA) is 63.3 Å². The number of nitrogens with two attached hydrogens (primary N) is 1. The molecule has 3 rings (SSSR count). The third kappa shape index (κ3) is 4.32. The van der Waals surface area contributed by atoms with Gasteiger partial charge in [-0.15, -0.1) is 24.0 Å². The van der Waals surface area contributed by atoms with E-state index in [-0.39, 0.29) is 24.0 Å². The first-order chi connectivity index (χ1) is 10.3. The number of para-hydroxylation sites is 1. The highest BCUT2D eigenvalue weighted by molar-refractivity contribution is 14.0. The van der Waals surface area contributed by atoms with Crippen LogP contribution in [0.4, 0.5) is 0 Å². The van der Waals surface area contributed by atoms with E-state index in [4.69, 9.17) is 5.73 Å². The Kier molecular flexibility index (Phi) is 6.42. The van der Waals surface area contributed by atoms with Crippen LogP contribution in [0.3, 0.4) is 0 Å². The van der Waals surface area contributed by atoms with Crippen LogP contribution in [0.5, 0.6) is 0 Å². The number of halogens is 1. The number of benzene rings is 1. The first-order valence-corrected chi connectivity index (χ1v) is 7.72. The Bertz CT molecular complexity index is 630. The maximum absolute atomic E-state index is 6.02. The molecule has 1 fully saturated rings. The fourth-order valence-corrected chi connectivity index (χ4v) is 2.97. The molecule has 0 radical (unpaired) electrons. The summed E-state index contributed by atoms with van der Waals surface area (Å²) in [6.07, 6.45) is 8.17. The lowest BCUT2D eigenvalue weighted by molar-refractivity contribution is 0.412. The summed E-state index contributed by atoms with van der Waals surface area (Å²) >= 11 is 0. The molecule has 1 heterocycles.